The quantitative estimate of drug-likeness (QED) is 0.733. The lowest BCUT2D eigenvalue weighted by molar-refractivity contribution is -0.134. The number of benzene rings is 1. The van der Waals surface area contributed by atoms with Gasteiger partial charge in [-0.15, -0.1) is 11.3 Å². The highest BCUT2D eigenvalue weighted by Crippen LogP contribution is 2.39. The molecule has 6 heteroatoms. The largest absolute Gasteiger partial charge is 0.331 e. The molecule has 0 saturated heterocycles. The molecule has 0 bridgehead atoms. The van der Waals surface area contributed by atoms with Crippen LogP contribution in [0.25, 0.3) is 0 Å². The van der Waals surface area contributed by atoms with E-state index < -0.39 is 0 Å². The summed E-state index contributed by atoms with van der Waals surface area (Å²) in [5, 5.41) is 2.12. The molecule has 0 fully saturated rings. The molecule has 156 valence electrons. The molecule has 0 spiro atoms. The predicted molar refractivity (Wildman–Crippen MR) is 118 cm³/mol. The molecule has 1 aromatic heterocycles. The smallest absolute Gasteiger partial charge is 0.320 e. The van der Waals surface area contributed by atoms with Crippen LogP contribution in [-0.4, -0.2) is 59.9 Å². The van der Waals surface area contributed by atoms with Gasteiger partial charge in [-0.2, -0.15) is 0 Å². The average molecular weight is 414 g/mol. The molecule has 3 rings (SSSR count). The topological polar surface area (TPSA) is 43.9 Å². The monoisotopic (exact) mass is 413 g/mol. The number of amides is 3. The Hall–Kier alpha value is -2.34. The zero-order valence-electron chi connectivity index (χ0n) is 18.0. The van der Waals surface area contributed by atoms with Crippen LogP contribution in [0.1, 0.15) is 47.9 Å². The standard InChI is InChI=1S/C23H31N3O2S/c1-6-17(3)26(23(28)24(4)5)15-21(27)25-13-11-20-19(12-14-29-20)22(25)18-10-8-7-9-16(18)2/h7-10,12,14,17,22H,6,11,13,15H2,1-5H3. The minimum Gasteiger partial charge on any atom is -0.331 e. The van der Waals surface area contributed by atoms with Crippen LogP contribution in [0, 0.1) is 6.92 Å². The summed E-state index contributed by atoms with van der Waals surface area (Å²) in [6.07, 6.45) is 1.68. The van der Waals surface area contributed by atoms with Crippen molar-refractivity contribution in [1.82, 2.24) is 14.7 Å². The summed E-state index contributed by atoms with van der Waals surface area (Å²) < 4.78 is 0. The van der Waals surface area contributed by atoms with Gasteiger partial charge in [-0.25, -0.2) is 4.79 Å². The number of urea groups is 1. The molecule has 0 saturated carbocycles. The molecule has 0 N–H and O–H groups in total. The molecule has 1 aliphatic rings. The van der Waals surface area contributed by atoms with Crippen molar-refractivity contribution in [2.75, 3.05) is 27.2 Å². The van der Waals surface area contributed by atoms with E-state index in [0.717, 1.165) is 18.4 Å². The Morgan fingerprint density at radius 3 is 2.59 bits per heavy atom. The van der Waals surface area contributed by atoms with E-state index in [1.54, 1.807) is 35.2 Å². The van der Waals surface area contributed by atoms with E-state index in [0.29, 0.717) is 6.54 Å². The van der Waals surface area contributed by atoms with Gasteiger partial charge < -0.3 is 14.7 Å². The molecule has 1 aliphatic heterocycles. The summed E-state index contributed by atoms with van der Waals surface area (Å²) in [6, 6.07) is 10.2. The van der Waals surface area contributed by atoms with Gasteiger partial charge in [0.1, 0.15) is 6.54 Å². The predicted octanol–water partition coefficient (Wildman–Crippen LogP) is 4.31. The normalized spacial score (nSPS) is 16.9. The maximum absolute atomic E-state index is 13.5. The van der Waals surface area contributed by atoms with Gasteiger partial charge in [0, 0.05) is 31.6 Å². The summed E-state index contributed by atoms with van der Waals surface area (Å²) in [6.45, 7) is 6.92. The van der Waals surface area contributed by atoms with Gasteiger partial charge in [-0.3, -0.25) is 4.79 Å². The van der Waals surface area contributed by atoms with E-state index >= 15 is 0 Å². The first kappa shape index (κ1) is 21.4. The zero-order chi connectivity index (χ0) is 21.1. The third-order valence-corrected chi connectivity index (χ3v) is 6.82. The SMILES string of the molecule is CCC(C)N(CC(=O)N1CCc2sccc2C1c1ccccc1C)C(=O)N(C)C. The lowest BCUT2D eigenvalue weighted by Crippen LogP contribution is -2.51. The minimum absolute atomic E-state index is 0.00519. The fourth-order valence-corrected chi connectivity index (χ4v) is 4.84. The number of rotatable bonds is 5. The zero-order valence-corrected chi connectivity index (χ0v) is 18.8. The number of hydrogen-bond donors (Lipinski definition) is 0. The Morgan fingerprint density at radius 1 is 1.21 bits per heavy atom. The van der Waals surface area contributed by atoms with Crippen LogP contribution < -0.4 is 0 Å². The van der Waals surface area contributed by atoms with Gasteiger partial charge >= 0.3 is 6.03 Å². The molecule has 2 unspecified atom stereocenters. The van der Waals surface area contributed by atoms with E-state index in [2.05, 4.69) is 30.5 Å². The molecule has 0 aliphatic carbocycles. The van der Waals surface area contributed by atoms with Crippen molar-refractivity contribution < 1.29 is 9.59 Å². The maximum atomic E-state index is 13.5. The van der Waals surface area contributed by atoms with Crippen molar-refractivity contribution in [3.05, 3.63) is 57.3 Å². The summed E-state index contributed by atoms with van der Waals surface area (Å²) >= 11 is 1.77. The lowest BCUT2D eigenvalue weighted by atomic mass is 9.90. The molecule has 0 radical (unpaired) electrons. The average Bonchev–Trinajstić information content (AvgIpc) is 3.19. The summed E-state index contributed by atoms with van der Waals surface area (Å²) in [4.78, 5) is 32.8. The summed E-state index contributed by atoms with van der Waals surface area (Å²) in [5.41, 5.74) is 3.56. The van der Waals surface area contributed by atoms with Crippen LogP contribution in [0.5, 0.6) is 0 Å². The molecule has 5 nitrogen and oxygen atoms in total. The van der Waals surface area contributed by atoms with Crippen molar-refractivity contribution in [3.8, 4) is 0 Å². The fourth-order valence-electron chi connectivity index (χ4n) is 3.94. The van der Waals surface area contributed by atoms with Crippen molar-refractivity contribution >= 4 is 23.3 Å². The van der Waals surface area contributed by atoms with Gasteiger partial charge in [0.2, 0.25) is 5.91 Å². The van der Waals surface area contributed by atoms with Gasteiger partial charge in [0.25, 0.3) is 0 Å². The highest BCUT2D eigenvalue weighted by molar-refractivity contribution is 7.10. The van der Waals surface area contributed by atoms with Crippen molar-refractivity contribution in [2.45, 2.75) is 45.7 Å². The first-order valence-corrected chi connectivity index (χ1v) is 11.1. The summed E-state index contributed by atoms with van der Waals surface area (Å²) in [5.74, 6) is 0.00519. The Morgan fingerprint density at radius 2 is 1.93 bits per heavy atom. The number of carbonyl (C=O) groups is 2. The molecule has 2 aromatic rings. The Bertz CT molecular complexity index is 877. The molecular formula is C23H31N3O2S. The highest BCUT2D eigenvalue weighted by atomic mass is 32.1. The second kappa shape index (κ2) is 8.99. The maximum Gasteiger partial charge on any atom is 0.320 e. The number of carbonyl (C=O) groups excluding carboxylic acids is 2. The van der Waals surface area contributed by atoms with E-state index in [1.165, 1.54) is 16.0 Å². The van der Waals surface area contributed by atoms with Crippen LogP contribution in [0.2, 0.25) is 0 Å². The van der Waals surface area contributed by atoms with Crippen LogP contribution >= 0.6 is 11.3 Å². The first-order chi connectivity index (χ1) is 13.8. The Kier molecular flexibility index (Phi) is 6.63. The third-order valence-electron chi connectivity index (χ3n) is 5.83. The molecule has 29 heavy (non-hydrogen) atoms. The van der Waals surface area contributed by atoms with Gasteiger partial charge in [0.15, 0.2) is 0 Å². The molecular weight excluding hydrogens is 382 g/mol. The molecule has 2 atom stereocenters. The minimum atomic E-state index is -0.117. The van der Waals surface area contributed by atoms with E-state index in [-0.39, 0.29) is 30.6 Å². The van der Waals surface area contributed by atoms with E-state index in [4.69, 9.17) is 0 Å². The number of nitrogens with zero attached hydrogens (tertiary/aromatic N) is 3. The van der Waals surface area contributed by atoms with E-state index in [9.17, 15) is 9.59 Å². The van der Waals surface area contributed by atoms with Crippen LogP contribution in [0.4, 0.5) is 4.79 Å². The summed E-state index contributed by atoms with van der Waals surface area (Å²) in [7, 11) is 3.47. The lowest BCUT2D eigenvalue weighted by Gasteiger charge is -2.39. The number of aryl methyl sites for hydroxylation is 1. The van der Waals surface area contributed by atoms with Crippen LogP contribution in [-0.2, 0) is 11.2 Å². The van der Waals surface area contributed by atoms with Crippen molar-refractivity contribution in [2.24, 2.45) is 0 Å². The van der Waals surface area contributed by atoms with Gasteiger partial charge in [-0.1, -0.05) is 31.2 Å². The van der Waals surface area contributed by atoms with Crippen LogP contribution in [0.3, 0.4) is 0 Å². The Labute approximate surface area is 177 Å². The van der Waals surface area contributed by atoms with Gasteiger partial charge in [0.05, 0.1) is 6.04 Å². The first-order valence-electron chi connectivity index (χ1n) is 10.2. The fraction of sp³-hybridized carbons (Fsp3) is 0.478. The van der Waals surface area contributed by atoms with Crippen molar-refractivity contribution in [3.63, 3.8) is 0 Å². The number of fused-ring (bicyclic) bond motifs is 1. The molecule has 1 aromatic carbocycles. The highest BCUT2D eigenvalue weighted by Gasteiger charge is 2.35. The number of hydrogen-bond acceptors (Lipinski definition) is 3. The molecule has 2 heterocycles. The van der Waals surface area contributed by atoms with Gasteiger partial charge in [-0.05, 0) is 54.8 Å². The number of thiophene rings is 1. The third kappa shape index (κ3) is 4.32. The van der Waals surface area contributed by atoms with Crippen molar-refractivity contribution in [1.29, 1.82) is 0 Å². The second-order valence-electron chi connectivity index (χ2n) is 7.96. The Balaban J connectivity index is 1.94. The van der Waals surface area contributed by atoms with E-state index in [1.807, 2.05) is 30.9 Å². The molecule has 3 amide bonds. The van der Waals surface area contributed by atoms with Crippen LogP contribution in [0.15, 0.2) is 35.7 Å². The second-order valence-corrected chi connectivity index (χ2v) is 8.96.